The first-order valence-electron chi connectivity index (χ1n) is 9.37. The van der Waals surface area contributed by atoms with Crippen LogP contribution >= 0.6 is 0 Å². The van der Waals surface area contributed by atoms with Crippen LogP contribution in [0.4, 0.5) is 0 Å². The fraction of sp³-hybridized carbons (Fsp3) is 0.526. The van der Waals surface area contributed by atoms with Crippen LogP contribution < -0.4 is 0 Å². The maximum atomic E-state index is 12.9. The van der Waals surface area contributed by atoms with Crippen molar-refractivity contribution >= 4 is 26.8 Å². The van der Waals surface area contributed by atoms with E-state index in [2.05, 4.69) is 11.9 Å². The summed E-state index contributed by atoms with van der Waals surface area (Å²) in [5.74, 6) is 0.570. The summed E-state index contributed by atoms with van der Waals surface area (Å²) in [5.41, 5.74) is 1.32. The van der Waals surface area contributed by atoms with E-state index in [0.717, 1.165) is 49.7 Å². The SMILES string of the molecule is CC1CCN(S(=O)(=O)c2ccc3[nH]c(C(=O)N4CCCC4)cc3c2)CC1. The zero-order valence-electron chi connectivity index (χ0n) is 15.1. The fourth-order valence-electron chi connectivity index (χ4n) is 3.85. The van der Waals surface area contributed by atoms with Crippen molar-refractivity contribution in [2.75, 3.05) is 26.2 Å². The second-order valence-electron chi connectivity index (χ2n) is 7.52. The molecule has 1 amide bonds. The Bertz CT molecular complexity index is 921. The van der Waals surface area contributed by atoms with E-state index in [1.165, 1.54) is 0 Å². The molecule has 1 aromatic heterocycles. The molecule has 0 spiro atoms. The molecule has 3 heterocycles. The summed E-state index contributed by atoms with van der Waals surface area (Å²) >= 11 is 0. The Morgan fingerprint density at radius 1 is 1.08 bits per heavy atom. The second kappa shape index (κ2) is 6.70. The molecule has 6 nitrogen and oxygen atoms in total. The zero-order chi connectivity index (χ0) is 18.3. The van der Waals surface area contributed by atoms with Crippen molar-refractivity contribution < 1.29 is 13.2 Å². The number of aromatic amines is 1. The first-order chi connectivity index (χ1) is 12.4. The summed E-state index contributed by atoms with van der Waals surface area (Å²) in [4.78, 5) is 17.8. The quantitative estimate of drug-likeness (QED) is 0.896. The highest BCUT2D eigenvalue weighted by molar-refractivity contribution is 7.89. The van der Waals surface area contributed by atoms with Gasteiger partial charge in [-0.3, -0.25) is 4.79 Å². The molecular weight excluding hydrogens is 350 g/mol. The van der Waals surface area contributed by atoms with E-state index in [1.807, 2.05) is 4.90 Å². The van der Waals surface area contributed by atoms with Crippen LogP contribution in [0, 0.1) is 5.92 Å². The number of likely N-dealkylation sites (tertiary alicyclic amines) is 1. The van der Waals surface area contributed by atoms with Crippen molar-refractivity contribution in [3.63, 3.8) is 0 Å². The van der Waals surface area contributed by atoms with Crippen LogP contribution in [0.25, 0.3) is 10.9 Å². The van der Waals surface area contributed by atoms with Crippen molar-refractivity contribution in [1.82, 2.24) is 14.2 Å². The van der Waals surface area contributed by atoms with Crippen molar-refractivity contribution in [2.24, 2.45) is 5.92 Å². The molecule has 2 fully saturated rings. The lowest BCUT2D eigenvalue weighted by Crippen LogP contribution is -2.37. The number of nitrogens with one attached hydrogen (secondary N) is 1. The van der Waals surface area contributed by atoms with Crippen LogP contribution in [-0.2, 0) is 10.0 Å². The van der Waals surface area contributed by atoms with Gasteiger partial charge in [0.15, 0.2) is 0 Å². The molecule has 2 aliphatic heterocycles. The normalized spacial score (nSPS) is 20.1. The predicted octanol–water partition coefficient (Wildman–Crippen LogP) is 2.82. The maximum absolute atomic E-state index is 12.9. The number of amides is 1. The van der Waals surface area contributed by atoms with Crippen molar-refractivity contribution in [3.05, 3.63) is 30.0 Å². The Balaban J connectivity index is 1.62. The van der Waals surface area contributed by atoms with Gasteiger partial charge in [0, 0.05) is 37.1 Å². The van der Waals surface area contributed by atoms with E-state index in [9.17, 15) is 13.2 Å². The molecule has 0 bridgehead atoms. The Hall–Kier alpha value is -1.86. The number of rotatable bonds is 3. The predicted molar refractivity (Wildman–Crippen MR) is 101 cm³/mol. The molecule has 0 radical (unpaired) electrons. The summed E-state index contributed by atoms with van der Waals surface area (Å²) < 4.78 is 27.4. The number of aromatic nitrogens is 1. The zero-order valence-corrected chi connectivity index (χ0v) is 15.9. The van der Waals surface area contributed by atoms with Gasteiger partial charge < -0.3 is 9.88 Å². The largest absolute Gasteiger partial charge is 0.351 e. The molecule has 0 unspecified atom stereocenters. The lowest BCUT2D eigenvalue weighted by Gasteiger charge is -2.29. The van der Waals surface area contributed by atoms with Crippen molar-refractivity contribution in [3.8, 4) is 0 Å². The van der Waals surface area contributed by atoms with Crippen LogP contribution in [-0.4, -0.2) is 54.7 Å². The molecule has 2 saturated heterocycles. The first-order valence-corrected chi connectivity index (χ1v) is 10.8. The average Bonchev–Trinajstić information content (AvgIpc) is 3.30. The molecule has 2 aliphatic rings. The minimum atomic E-state index is -3.48. The summed E-state index contributed by atoms with van der Waals surface area (Å²) in [6.45, 7) is 4.90. The smallest absolute Gasteiger partial charge is 0.270 e. The number of piperidine rings is 1. The van der Waals surface area contributed by atoms with Crippen molar-refractivity contribution in [2.45, 2.75) is 37.5 Å². The number of nitrogens with zero attached hydrogens (tertiary/aromatic N) is 2. The van der Waals surface area contributed by atoms with Gasteiger partial charge in [-0.2, -0.15) is 4.31 Å². The lowest BCUT2D eigenvalue weighted by atomic mass is 10.0. The van der Waals surface area contributed by atoms with Gasteiger partial charge in [-0.1, -0.05) is 6.92 Å². The number of hydrogen-bond donors (Lipinski definition) is 1. The minimum Gasteiger partial charge on any atom is -0.351 e. The highest BCUT2D eigenvalue weighted by Crippen LogP contribution is 2.26. The van der Waals surface area contributed by atoms with Crippen LogP contribution in [0.15, 0.2) is 29.2 Å². The number of H-pyrrole nitrogens is 1. The molecular formula is C19H25N3O3S. The van der Waals surface area contributed by atoms with E-state index in [-0.39, 0.29) is 5.91 Å². The first kappa shape index (κ1) is 17.5. The maximum Gasteiger partial charge on any atom is 0.270 e. The third-order valence-corrected chi connectivity index (χ3v) is 7.49. The van der Waals surface area contributed by atoms with Gasteiger partial charge in [-0.25, -0.2) is 8.42 Å². The molecule has 0 aliphatic carbocycles. The number of sulfonamides is 1. The van der Waals surface area contributed by atoms with E-state index in [4.69, 9.17) is 0 Å². The van der Waals surface area contributed by atoms with E-state index >= 15 is 0 Å². The third-order valence-electron chi connectivity index (χ3n) is 5.60. The highest BCUT2D eigenvalue weighted by atomic mass is 32.2. The van der Waals surface area contributed by atoms with Crippen LogP contribution in [0.5, 0.6) is 0 Å². The van der Waals surface area contributed by atoms with E-state index < -0.39 is 10.0 Å². The van der Waals surface area contributed by atoms with E-state index in [0.29, 0.717) is 29.6 Å². The number of hydrogen-bond acceptors (Lipinski definition) is 3. The molecule has 7 heteroatoms. The van der Waals surface area contributed by atoms with Gasteiger partial charge in [0.05, 0.1) is 4.90 Å². The summed E-state index contributed by atoms with van der Waals surface area (Å²) in [5, 5.41) is 0.763. The van der Waals surface area contributed by atoms with Crippen LogP contribution in [0.2, 0.25) is 0 Å². The Labute approximate surface area is 154 Å². The van der Waals surface area contributed by atoms with Crippen LogP contribution in [0.3, 0.4) is 0 Å². The molecule has 1 N–H and O–H groups in total. The molecule has 0 atom stereocenters. The Morgan fingerprint density at radius 2 is 1.77 bits per heavy atom. The Morgan fingerprint density at radius 3 is 2.46 bits per heavy atom. The monoisotopic (exact) mass is 375 g/mol. The van der Waals surface area contributed by atoms with Crippen molar-refractivity contribution in [1.29, 1.82) is 0 Å². The number of fused-ring (bicyclic) bond motifs is 1. The number of carbonyl (C=O) groups is 1. The summed E-state index contributed by atoms with van der Waals surface area (Å²) in [6, 6.07) is 6.85. The topological polar surface area (TPSA) is 73.5 Å². The lowest BCUT2D eigenvalue weighted by molar-refractivity contribution is 0.0788. The second-order valence-corrected chi connectivity index (χ2v) is 9.46. The number of carbonyl (C=O) groups excluding carboxylic acids is 1. The van der Waals surface area contributed by atoms with Gasteiger partial charge in [0.1, 0.15) is 5.69 Å². The molecule has 0 saturated carbocycles. The number of benzene rings is 1. The third kappa shape index (κ3) is 3.14. The molecule has 26 heavy (non-hydrogen) atoms. The average molecular weight is 375 g/mol. The summed E-state index contributed by atoms with van der Waals surface area (Å²) in [7, 11) is -3.48. The summed E-state index contributed by atoms with van der Waals surface area (Å²) in [6.07, 6.45) is 3.89. The molecule has 2 aromatic rings. The molecule has 140 valence electrons. The standard InChI is InChI=1S/C19H25N3O3S/c1-14-6-10-22(11-7-14)26(24,25)16-4-5-17-15(12-16)13-18(20-17)19(23)21-8-2-3-9-21/h4-5,12-14,20H,2-3,6-11H2,1H3. The molecule has 1 aromatic carbocycles. The van der Waals surface area contributed by atoms with Gasteiger partial charge in [-0.15, -0.1) is 0 Å². The fourth-order valence-corrected chi connectivity index (χ4v) is 5.36. The minimum absolute atomic E-state index is 0.00637. The highest BCUT2D eigenvalue weighted by Gasteiger charge is 2.28. The van der Waals surface area contributed by atoms with Crippen LogP contribution in [0.1, 0.15) is 43.1 Å². The van der Waals surface area contributed by atoms with E-state index in [1.54, 1.807) is 28.6 Å². The van der Waals surface area contributed by atoms with Gasteiger partial charge in [0.2, 0.25) is 10.0 Å². The van der Waals surface area contributed by atoms with Gasteiger partial charge in [0.25, 0.3) is 5.91 Å². The van der Waals surface area contributed by atoms with Gasteiger partial charge in [-0.05, 0) is 55.9 Å². The molecule has 4 rings (SSSR count). The van der Waals surface area contributed by atoms with Gasteiger partial charge >= 0.3 is 0 Å². The Kier molecular flexibility index (Phi) is 4.52.